The quantitative estimate of drug-likeness (QED) is 0.684. The first-order valence-corrected chi connectivity index (χ1v) is 6.72. The Kier molecular flexibility index (Phi) is 4.20. The molecule has 1 nitrogen and oxygen atoms in total. The maximum absolute atomic E-state index is 12.4. The second-order valence-corrected chi connectivity index (χ2v) is 4.96. The van der Waals surface area contributed by atoms with Crippen molar-refractivity contribution in [2.75, 3.05) is 0 Å². The van der Waals surface area contributed by atoms with Gasteiger partial charge in [0.25, 0.3) is 0 Å². The zero-order valence-electron chi connectivity index (χ0n) is 10.8. The van der Waals surface area contributed by atoms with Gasteiger partial charge >= 0.3 is 0 Å². The van der Waals surface area contributed by atoms with Gasteiger partial charge in [0.15, 0.2) is 5.78 Å². The molecule has 0 bridgehead atoms. The van der Waals surface area contributed by atoms with Crippen LogP contribution in [0, 0.1) is 63.2 Å². The summed E-state index contributed by atoms with van der Waals surface area (Å²) >= 11 is 0. The minimum absolute atomic E-state index is 0.216. The van der Waals surface area contributed by atoms with Gasteiger partial charge in [-0.05, 0) is 81.8 Å². The Bertz CT molecular complexity index is 354. The Morgan fingerprint density at radius 2 is 1.16 bits per heavy atom. The number of carbonyl (C=O) groups is 1. The highest BCUT2D eigenvalue weighted by Gasteiger charge is 2.25. The monoisotopic (exact) mass is 248 g/mol. The maximum Gasteiger partial charge on any atom is 0.184 e. The fourth-order valence-corrected chi connectivity index (χ4v) is 2.55. The van der Waals surface area contributed by atoms with Gasteiger partial charge in [-0.2, -0.15) is 0 Å². The highest BCUT2D eigenvalue weighted by molar-refractivity contribution is 6.09. The summed E-state index contributed by atoms with van der Waals surface area (Å²) in [6.07, 6.45) is 23.0. The Morgan fingerprint density at radius 1 is 0.737 bits per heavy atom. The second kappa shape index (κ2) is 6.07. The maximum atomic E-state index is 12.4. The molecule has 0 atom stereocenters. The first kappa shape index (κ1) is 13.1. The first-order chi connectivity index (χ1) is 9.33. The van der Waals surface area contributed by atoms with E-state index in [4.69, 9.17) is 0 Å². The van der Waals surface area contributed by atoms with Gasteiger partial charge < -0.3 is 0 Å². The van der Waals surface area contributed by atoms with Crippen molar-refractivity contribution in [3.05, 3.63) is 86.5 Å². The summed E-state index contributed by atoms with van der Waals surface area (Å²) < 4.78 is 0. The number of hydrogen-bond donors (Lipinski definition) is 0. The van der Waals surface area contributed by atoms with Crippen LogP contribution in [0.1, 0.15) is 19.3 Å². The molecule has 0 unspecified atom stereocenters. The summed E-state index contributed by atoms with van der Waals surface area (Å²) in [5.74, 6) is 2.46. The van der Waals surface area contributed by atoms with Crippen molar-refractivity contribution in [2.45, 2.75) is 19.3 Å². The number of carbonyl (C=O) groups excluding carboxylic acids is 1. The third-order valence-corrected chi connectivity index (χ3v) is 3.53. The van der Waals surface area contributed by atoms with Crippen LogP contribution in [-0.2, 0) is 4.79 Å². The van der Waals surface area contributed by atoms with Crippen molar-refractivity contribution in [3.8, 4) is 0 Å². The Hall–Kier alpha value is -0.850. The molecular formula is C18H16O. The smallest absolute Gasteiger partial charge is 0.184 e. The van der Waals surface area contributed by atoms with Gasteiger partial charge in [-0.15, -0.1) is 0 Å². The topological polar surface area (TPSA) is 17.1 Å². The number of ketones is 1. The predicted molar refractivity (Wildman–Crippen MR) is 75.9 cm³/mol. The molecule has 3 rings (SSSR count). The molecule has 10 radical (unpaired) electrons. The zero-order valence-corrected chi connectivity index (χ0v) is 10.8. The lowest BCUT2D eigenvalue weighted by Crippen LogP contribution is -2.14. The Balaban J connectivity index is 1.71. The fraction of sp³-hybridized carbons (Fsp3) is 0.167. The molecule has 1 heteroatoms. The molecule has 0 heterocycles. The van der Waals surface area contributed by atoms with Crippen LogP contribution in [0.2, 0.25) is 0 Å². The highest BCUT2D eigenvalue weighted by Crippen LogP contribution is 2.33. The van der Waals surface area contributed by atoms with Crippen molar-refractivity contribution in [2.24, 2.45) is 0 Å². The predicted octanol–water partition coefficient (Wildman–Crippen LogP) is 3.40. The van der Waals surface area contributed by atoms with Crippen molar-refractivity contribution >= 4 is 5.78 Å². The second-order valence-electron chi connectivity index (χ2n) is 4.96. The summed E-state index contributed by atoms with van der Waals surface area (Å²) in [4.78, 5) is 12.4. The zero-order chi connectivity index (χ0) is 13.1. The van der Waals surface area contributed by atoms with E-state index in [1.807, 2.05) is 63.5 Å². The molecule has 94 valence electrons. The lowest BCUT2D eigenvalue weighted by molar-refractivity contribution is -0.113. The van der Waals surface area contributed by atoms with E-state index in [9.17, 15) is 4.79 Å². The van der Waals surface area contributed by atoms with Gasteiger partial charge in [0.2, 0.25) is 0 Å². The molecule has 3 aliphatic rings. The number of allylic oxidation sites excluding steroid dienone is 4. The van der Waals surface area contributed by atoms with Crippen LogP contribution in [0.15, 0.2) is 23.3 Å². The first-order valence-electron chi connectivity index (χ1n) is 6.72. The van der Waals surface area contributed by atoms with Crippen LogP contribution in [-0.4, -0.2) is 5.78 Å². The number of Topliss-reactive ketones (excluding diaryl/α,β-unsaturated/α-hetero) is 1. The van der Waals surface area contributed by atoms with Crippen LogP contribution in [0.25, 0.3) is 0 Å². The van der Waals surface area contributed by atoms with E-state index in [1.165, 1.54) is 0 Å². The summed E-state index contributed by atoms with van der Waals surface area (Å²) in [6, 6.07) is 0. The minimum Gasteiger partial charge on any atom is -0.289 e. The largest absolute Gasteiger partial charge is 0.289 e. The van der Waals surface area contributed by atoms with E-state index in [0.717, 1.165) is 42.2 Å². The fourth-order valence-electron chi connectivity index (χ4n) is 2.55. The lowest BCUT2D eigenvalue weighted by Gasteiger charge is -2.18. The Morgan fingerprint density at radius 3 is 1.58 bits per heavy atom. The molecule has 19 heavy (non-hydrogen) atoms. The van der Waals surface area contributed by atoms with E-state index in [1.54, 1.807) is 0 Å². The van der Waals surface area contributed by atoms with Crippen molar-refractivity contribution in [1.82, 2.24) is 0 Å². The SMILES string of the molecule is O=C1/C(=C/[C]2[CH][CH][CH][CH]2)CCC/C1=C\[C]1[CH][CH][CH][CH]1. The molecule has 0 aliphatic heterocycles. The normalized spacial score (nSPS) is 30.8. The minimum atomic E-state index is 0.216. The molecule has 0 aromatic heterocycles. The molecule has 0 saturated heterocycles. The van der Waals surface area contributed by atoms with Crippen molar-refractivity contribution in [1.29, 1.82) is 0 Å². The molecule has 0 aromatic rings. The molecule has 0 amide bonds. The molecule has 0 aromatic carbocycles. The van der Waals surface area contributed by atoms with Crippen LogP contribution < -0.4 is 0 Å². The van der Waals surface area contributed by atoms with Crippen LogP contribution >= 0.6 is 0 Å². The van der Waals surface area contributed by atoms with Gasteiger partial charge in [0, 0.05) is 11.8 Å². The van der Waals surface area contributed by atoms with Crippen LogP contribution in [0.4, 0.5) is 0 Å². The average molecular weight is 248 g/mol. The number of rotatable bonds is 2. The number of hydrogen-bond acceptors (Lipinski definition) is 1. The van der Waals surface area contributed by atoms with Crippen LogP contribution in [0.3, 0.4) is 0 Å². The average Bonchev–Trinajstić information content (AvgIpc) is 3.07. The summed E-state index contributed by atoms with van der Waals surface area (Å²) in [5, 5.41) is 0. The third kappa shape index (κ3) is 3.19. The lowest BCUT2D eigenvalue weighted by atomic mass is 9.85. The van der Waals surface area contributed by atoms with Gasteiger partial charge in [-0.3, -0.25) is 4.79 Å². The van der Waals surface area contributed by atoms with Gasteiger partial charge in [-0.1, -0.05) is 12.2 Å². The highest BCUT2D eigenvalue weighted by atomic mass is 16.1. The van der Waals surface area contributed by atoms with Crippen molar-refractivity contribution < 1.29 is 4.79 Å². The van der Waals surface area contributed by atoms with Crippen molar-refractivity contribution in [3.63, 3.8) is 0 Å². The molecule has 3 fully saturated rings. The van der Waals surface area contributed by atoms with E-state index in [2.05, 4.69) is 0 Å². The van der Waals surface area contributed by atoms with Crippen LogP contribution in [0.5, 0.6) is 0 Å². The van der Waals surface area contributed by atoms with Gasteiger partial charge in [-0.25, -0.2) is 0 Å². The van der Waals surface area contributed by atoms with Gasteiger partial charge in [0.1, 0.15) is 0 Å². The van der Waals surface area contributed by atoms with E-state index in [0.29, 0.717) is 0 Å². The summed E-state index contributed by atoms with van der Waals surface area (Å²) in [7, 11) is 0. The molecule has 3 saturated carbocycles. The van der Waals surface area contributed by atoms with Gasteiger partial charge in [0.05, 0.1) is 0 Å². The summed E-state index contributed by atoms with van der Waals surface area (Å²) in [6.45, 7) is 0. The third-order valence-electron chi connectivity index (χ3n) is 3.53. The Labute approximate surface area is 117 Å². The van der Waals surface area contributed by atoms with E-state index < -0.39 is 0 Å². The molecule has 3 aliphatic carbocycles. The molecule has 0 spiro atoms. The standard InChI is InChI=1S/C18H16O/c19-18-16(12-14-6-1-2-7-14)10-5-11-17(18)13-15-8-3-4-9-15/h1-4,6-9,12-13H,5,10-11H2/b16-12+,17-13+. The van der Waals surface area contributed by atoms with E-state index >= 15 is 0 Å². The summed E-state index contributed by atoms with van der Waals surface area (Å²) in [5.41, 5.74) is 1.88. The van der Waals surface area contributed by atoms with E-state index in [-0.39, 0.29) is 5.78 Å². The molecule has 0 N–H and O–H groups in total. The molecular weight excluding hydrogens is 232 g/mol.